The van der Waals surface area contributed by atoms with E-state index in [2.05, 4.69) is 162 Å². The fourth-order valence-corrected chi connectivity index (χ4v) is 14.6. The molecule has 0 bridgehead atoms. The van der Waals surface area contributed by atoms with E-state index in [4.69, 9.17) is 62.4 Å². The summed E-state index contributed by atoms with van der Waals surface area (Å²) in [5.74, 6) is 4.60. The van der Waals surface area contributed by atoms with Gasteiger partial charge in [0.2, 0.25) is 22.1 Å². The average molecular weight is 1760 g/mol. The number of ether oxygens (including phenoxy) is 3. The summed E-state index contributed by atoms with van der Waals surface area (Å²) in [6.07, 6.45) is -0.167. The Morgan fingerprint density at radius 2 is 0.484 bits per heavy atom. The van der Waals surface area contributed by atoms with Gasteiger partial charge < -0.3 is 88.4 Å². The monoisotopic (exact) mass is 1760 g/mol. The summed E-state index contributed by atoms with van der Waals surface area (Å²) in [7, 11) is 0. The molecule has 21 aromatic rings. The van der Waals surface area contributed by atoms with Crippen LogP contribution < -0.4 is 146 Å². The Kier molecular flexibility index (Phi) is 32.8. The van der Waals surface area contributed by atoms with Crippen molar-refractivity contribution in [3.8, 4) is 34.5 Å². The molecular formula is C105H84Cl3N11Na2O7. The summed E-state index contributed by atoms with van der Waals surface area (Å²) in [6.45, 7) is 3.26. The zero-order chi connectivity index (χ0) is 85.1. The van der Waals surface area contributed by atoms with Crippen LogP contribution >= 0.6 is 11.6 Å². The molecule has 0 unspecified atom stereocenters. The summed E-state index contributed by atoms with van der Waals surface area (Å²) in [5, 5.41) is 42.8. The van der Waals surface area contributed by atoms with Gasteiger partial charge in [0.05, 0.1) is 82.4 Å². The van der Waals surface area contributed by atoms with E-state index >= 15 is 0 Å². The number of aromatic nitrogens is 5. The van der Waals surface area contributed by atoms with Crippen molar-refractivity contribution in [2.24, 2.45) is 0 Å². The first-order valence-electron chi connectivity index (χ1n) is 40.1. The Balaban J connectivity index is 0.000000174. The predicted octanol–water partition coefficient (Wildman–Crippen LogP) is 13.2. The molecule has 0 atom stereocenters. The number of carbonyl (C=O) groups is 1. The number of aliphatic hydroxyl groups excluding tert-OH is 1. The molecule has 5 aromatic heterocycles. The molecule has 0 aliphatic carbocycles. The zero-order valence-electron chi connectivity index (χ0n) is 71.1. The number of nitrogen functional groups attached to an aromatic ring is 2. The molecule has 0 aliphatic heterocycles. The van der Waals surface area contributed by atoms with Crippen LogP contribution in [0.2, 0.25) is 5.02 Å². The second kappa shape index (κ2) is 45.0. The van der Waals surface area contributed by atoms with Gasteiger partial charge in [0.1, 0.15) is 34.5 Å². The fraction of sp³-hybridized carbons (Fsp3) is 0.0286. The van der Waals surface area contributed by atoms with E-state index in [1.165, 1.54) is 0 Å². The Labute approximate surface area is 801 Å². The van der Waals surface area contributed by atoms with E-state index in [0.717, 1.165) is 205 Å². The third kappa shape index (κ3) is 23.1. The van der Waals surface area contributed by atoms with Gasteiger partial charge in [-0.05, 0) is 220 Å². The number of anilines is 10. The number of nitrogens with one attached hydrogen (secondary N) is 6. The molecule has 21 rings (SSSR count). The molecule has 0 fully saturated rings. The van der Waals surface area contributed by atoms with Crippen LogP contribution in [0.1, 0.15) is 15.3 Å². The topological polar surface area (TPSA) is 264 Å². The van der Waals surface area contributed by atoms with Gasteiger partial charge in [-0.1, -0.05) is 169 Å². The van der Waals surface area contributed by atoms with E-state index in [-0.39, 0.29) is 97.9 Å². The number of hydrogen-bond donors (Lipinski definition) is 7. The molecule has 16 aromatic carbocycles. The number of fused-ring (bicyclic) bond motifs is 10. The van der Waals surface area contributed by atoms with Crippen LogP contribution in [0.15, 0.2) is 388 Å². The van der Waals surface area contributed by atoms with Crippen LogP contribution in [-0.4, -0.2) is 32.6 Å². The number of aromatic amines is 2. The molecule has 128 heavy (non-hydrogen) atoms. The maximum atomic E-state index is 8.64. The molecule has 0 spiro atoms. The minimum atomic E-state index is -0.181. The summed E-state index contributed by atoms with van der Waals surface area (Å²) in [5.41, 5.74) is 30.9. The molecule has 0 amide bonds. The third-order valence-electron chi connectivity index (χ3n) is 20.0. The Bertz CT molecular complexity index is 6370. The number of nitrogens with zero attached hydrogens (tertiary/aromatic N) is 3. The van der Waals surface area contributed by atoms with Gasteiger partial charge in [0.25, 0.3) is 6.47 Å². The number of hydrogen-bond acceptors (Lipinski definition) is 16. The second-order valence-corrected chi connectivity index (χ2v) is 29.4. The molecule has 11 N–H and O–H groups in total. The molecule has 0 aliphatic rings. The van der Waals surface area contributed by atoms with Crippen LogP contribution in [0, 0.1) is 0 Å². The van der Waals surface area contributed by atoms with Crippen LogP contribution in [0.25, 0.3) is 109 Å². The Morgan fingerprint density at radius 3 is 0.703 bits per heavy atom. The van der Waals surface area contributed by atoms with Crippen molar-refractivity contribution in [1.29, 1.82) is 0 Å². The van der Waals surface area contributed by atoms with Gasteiger partial charge in [0, 0.05) is 96.8 Å². The molecular weight excluding hydrogens is 1680 g/mol. The molecule has 624 valence electrons. The number of nitrogens with two attached hydrogens (primary N) is 2. The van der Waals surface area contributed by atoms with E-state index in [1.54, 1.807) is 38.1 Å². The number of benzene rings is 16. The number of aliphatic hydroxyl groups is 1. The molecule has 18 nitrogen and oxygen atoms in total. The van der Waals surface area contributed by atoms with Crippen LogP contribution in [-0.2, 0) is 9.68 Å². The van der Waals surface area contributed by atoms with E-state index in [0.29, 0.717) is 0 Å². The van der Waals surface area contributed by atoms with Gasteiger partial charge >= 0.3 is 59.1 Å². The Morgan fingerprint density at radius 1 is 0.312 bits per heavy atom. The van der Waals surface area contributed by atoms with E-state index in [9.17, 15) is 0 Å². The van der Waals surface area contributed by atoms with Crippen molar-refractivity contribution in [1.82, 2.24) is 15.0 Å². The molecule has 23 heteroatoms. The molecule has 0 radical (unpaired) electrons. The Hall–Kier alpha value is -13.7. The third-order valence-corrected chi connectivity index (χ3v) is 20.4. The number of pyridine rings is 5. The smallest absolute Gasteiger partial charge is 1.00 e. The van der Waals surface area contributed by atoms with Gasteiger partial charge in [-0.25, -0.2) is 24.9 Å². The SMILES string of the molecule is CC(C)O.Clc1c2ccccc2nc2ccccc12.Nc1ccc(Oc2ccc(N)cc2)cc1.O=CO[O-].[Cl-].[Cl-].[H-].[Na+].[Na+].c1ccc2c(Nc3ccc(Oc4ccc(Nc5c6ccccc6[nH+]c6ccccc56)cc4)cc3)c3ccccc3[nH+]c2c1.c1ccc2c(Nc3ccc(Oc4ccc(Nc5c6ccccc6nc6ccccc56)cc4)cc3)c3ccccc3nc2c1. The van der Waals surface area contributed by atoms with Crippen molar-refractivity contribution in [2.45, 2.75) is 20.0 Å². The first kappa shape index (κ1) is 93.5. The maximum Gasteiger partial charge on any atom is 1.00 e. The fourth-order valence-electron chi connectivity index (χ4n) is 14.3. The number of halogens is 3. The minimum Gasteiger partial charge on any atom is -1.00 e. The van der Waals surface area contributed by atoms with Crippen LogP contribution in [0.4, 0.5) is 56.9 Å². The quantitative estimate of drug-likeness (QED) is 0.0126. The molecule has 5 heterocycles. The van der Waals surface area contributed by atoms with Crippen molar-refractivity contribution in [2.75, 3.05) is 32.7 Å². The number of para-hydroxylation sites is 10. The predicted molar refractivity (Wildman–Crippen MR) is 505 cm³/mol. The summed E-state index contributed by atoms with van der Waals surface area (Å²) >= 11 is 6.33. The normalized spacial score (nSPS) is 10.5. The van der Waals surface area contributed by atoms with E-state index in [1.807, 2.05) is 243 Å². The van der Waals surface area contributed by atoms with Crippen LogP contribution in [0.3, 0.4) is 0 Å². The standard InChI is InChI=1S/2C38H26N4O.C13H8ClN.C12H12N2O.C3H8O.CH2O3.2ClH.2Na.H/c2*1-5-13-33-29(9-1)37(30-10-2-6-14-34(30)41-33)39-25-17-21-27(22-18-25)43-28-23-19-26(20-24-28)40-38-31-11-3-7-15-35(31)42-36-16-8-4-12-32(36)38;14-13-9-5-1-3-7-11(9)15-12-8-4-2-6-10(12)13;13-9-1-5-11(6-2-9)15-12-7-3-10(14)4-8-12;1-3(2)4;2-1-4-3;;;;;/h2*1-24H,(H,39,41)(H,40,42);1-8H;1-8H,13-14H2;3-4H,1-2H3;1,3H;2*1H;;;/q;;;;;;;;2*+1;-1/p-1. The van der Waals surface area contributed by atoms with Crippen LogP contribution in [0.5, 0.6) is 34.5 Å². The van der Waals surface area contributed by atoms with Gasteiger partial charge in [-0.15, -0.1) is 0 Å². The zero-order valence-corrected chi connectivity index (χ0v) is 76.4. The summed E-state index contributed by atoms with van der Waals surface area (Å²) < 4.78 is 18.0. The van der Waals surface area contributed by atoms with E-state index < -0.39 is 0 Å². The molecule has 0 saturated heterocycles. The van der Waals surface area contributed by atoms with Gasteiger partial charge in [0.15, 0.2) is 0 Å². The first-order valence-corrected chi connectivity index (χ1v) is 40.5. The van der Waals surface area contributed by atoms with Crippen molar-refractivity contribution in [3.63, 3.8) is 0 Å². The second-order valence-electron chi connectivity index (χ2n) is 29.0. The largest absolute Gasteiger partial charge is 1.00 e. The minimum absolute atomic E-state index is 0. The van der Waals surface area contributed by atoms with Gasteiger partial charge in [-0.2, -0.15) is 0 Å². The maximum absolute atomic E-state index is 8.64. The number of carbonyl (C=O) groups excluding carboxylic acids is 1. The first-order chi connectivity index (χ1) is 60.8. The number of rotatable bonds is 15. The van der Waals surface area contributed by atoms with Gasteiger partial charge in [-0.3, -0.25) is 4.79 Å². The summed E-state index contributed by atoms with van der Waals surface area (Å²) in [6, 6.07) is 129. The number of H-pyrrole nitrogens is 2. The van der Waals surface area contributed by atoms with Crippen molar-refractivity contribution < 1.29 is 130 Å². The summed E-state index contributed by atoms with van der Waals surface area (Å²) in [4.78, 5) is 32.5. The average Bonchev–Trinajstić information content (AvgIpc) is 0.801. The van der Waals surface area contributed by atoms with Crippen molar-refractivity contribution in [3.05, 3.63) is 393 Å². The van der Waals surface area contributed by atoms with Crippen molar-refractivity contribution >= 4 is 184 Å². The molecule has 0 saturated carbocycles.